The first kappa shape index (κ1) is 18.5. The lowest BCUT2D eigenvalue weighted by atomic mass is 9.96. The molecule has 1 aliphatic heterocycles. The van der Waals surface area contributed by atoms with Crippen molar-refractivity contribution in [1.82, 2.24) is 5.32 Å². The highest BCUT2D eigenvalue weighted by atomic mass is 32.1. The Morgan fingerprint density at radius 3 is 3.07 bits per heavy atom. The smallest absolute Gasteiger partial charge is 0.237 e. The van der Waals surface area contributed by atoms with E-state index in [0.29, 0.717) is 6.42 Å². The van der Waals surface area contributed by atoms with Gasteiger partial charge in [0.1, 0.15) is 11.1 Å². The molecule has 1 saturated heterocycles. The van der Waals surface area contributed by atoms with E-state index < -0.39 is 6.04 Å². The summed E-state index contributed by atoms with van der Waals surface area (Å²) in [5, 5.41) is 15.9. The molecular weight excluding hydrogens is 376 g/mol. The molecule has 2 atom stereocenters. The second-order valence-corrected chi connectivity index (χ2v) is 9.45. The van der Waals surface area contributed by atoms with E-state index in [-0.39, 0.29) is 11.9 Å². The zero-order valence-electron chi connectivity index (χ0n) is 15.2. The molecule has 142 valence electrons. The number of carbonyl (C=O) groups is 1. The molecule has 0 bridgehead atoms. The number of hydrogen-bond acceptors (Lipinski definition) is 6. The number of nitriles is 1. The van der Waals surface area contributed by atoms with Crippen molar-refractivity contribution < 1.29 is 4.79 Å². The molecule has 3 heterocycles. The SMILES string of the molecule is N#Cc1c(N2CC[C@H](NC(=O)[C@@H](N)Cc3cccs3)C2)sc2c1CCCC2. The summed E-state index contributed by atoms with van der Waals surface area (Å²) >= 11 is 3.41. The van der Waals surface area contributed by atoms with Crippen LogP contribution in [0, 0.1) is 11.3 Å². The summed E-state index contributed by atoms with van der Waals surface area (Å²) in [5.41, 5.74) is 8.23. The van der Waals surface area contributed by atoms with Crippen LogP contribution in [-0.2, 0) is 24.1 Å². The quantitative estimate of drug-likeness (QED) is 0.809. The van der Waals surface area contributed by atoms with E-state index in [1.165, 1.54) is 23.3 Å². The fourth-order valence-corrected chi connectivity index (χ4v) is 6.14. The first-order valence-corrected chi connectivity index (χ1v) is 11.2. The standard InChI is InChI=1S/C20H24N4OS2/c21-11-16-15-5-1-2-6-18(15)27-20(16)24-8-7-13(12-24)23-19(25)17(22)10-14-4-3-9-26-14/h3-4,9,13,17H,1-2,5-8,10,12,22H2,(H,23,25)/t13-,17-/m0/s1. The molecule has 2 aromatic rings. The minimum absolute atomic E-state index is 0.0822. The lowest BCUT2D eigenvalue weighted by molar-refractivity contribution is -0.122. The number of aryl methyl sites for hydroxylation is 1. The third kappa shape index (κ3) is 3.88. The third-order valence-corrected chi connectivity index (χ3v) is 7.68. The molecule has 1 aliphatic carbocycles. The van der Waals surface area contributed by atoms with E-state index in [4.69, 9.17) is 5.73 Å². The molecule has 2 aliphatic rings. The predicted octanol–water partition coefficient (Wildman–Crippen LogP) is 2.82. The van der Waals surface area contributed by atoms with Crippen LogP contribution in [0.1, 0.15) is 40.1 Å². The fraction of sp³-hybridized carbons (Fsp3) is 0.500. The minimum atomic E-state index is -0.513. The molecule has 0 unspecified atom stereocenters. The van der Waals surface area contributed by atoms with Crippen molar-refractivity contribution >= 4 is 33.6 Å². The number of rotatable bonds is 5. The Bertz CT molecular complexity index is 852. The van der Waals surface area contributed by atoms with Gasteiger partial charge in [-0.1, -0.05) is 6.07 Å². The van der Waals surface area contributed by atoms with E-state index in [1.54, 1.807) is 22.7 Å². The molecule has 2 aromatic heterocycles. The molecule has 1 fully saturated rings. The Kier molecular flexibility index (Phi) is 5.48. The van der Waals surface area contributed by atoms with Crippen LogP contribution in [-0.4, -0.2) is 31.1 Å². The van der Waals surface area contributed by atoms with Crippen LogP contribution in [0.4, 0.5) is 5.00 Å². The number of carbonyl (C=O) groups excluding carboxylic acids is 1. The maximum atomic E-state index is 12.5. The van der Waals surface area contributed by atoms with Crippen molar-refractivity contribution in [3.63, 3.8) is 0 Å². The summed E-state index contributed by atoms with van der Waals surface area (Å²) in [6.07, 6.45) is 6.00. The number of thiophene rings is 2. The maximum Gasteiger partial charge on any atom is 0.237 e. The predicted molar refractivity (Wildman–Crippen MR) is 110 cm³/mol. The largest absolute Gasteiger partial charge is 0.360 e. The van der Waals surface area contributed by atoms with E-state index >= 15 is 0 Å². The third-order valence-electron chi connectivity index (χ3n) is 5.42. The van der Waals surface area contributed by atoms with Gasteiger partial charge in [-0.2, -0.15) is 5.26 Å². The van der Waals surface area contributed by atoms with Crippen LogP contribution < -0.4 is 16.0 Å². The van der Waals surface area contributed by atoms with Gasteiger partial charge in [-0.05, 0) is 49.1 Å². The Morgan fingerprint density at radius 2 is 2.30 bits per heavy atom. The van der Waals surface area contributed by atoms with Gasteiger partial charge in [-0.25, -0.2) is 0 Å². The summed E-state index contributed by atoms with van der Waals surface area (Å²) in [7, 11) is 0. The van der Waals surface area contributed by atoms with Crippen LogP contribution in [0.3, 0.4) is 0 Å². The first-order valence-electron chi connectivity index (χ1n) is 9.53. The summed E-state index contributed by atoms with van der Waals surface area (Å²) < 4.78 is 0. The number of hydrogen-bond donors (Lipinski definition) is 2. The lowest BCUT2D eigenvalue weighted by Gasteiger charge is -2.19. The van der Waals surface area contributed by atoms with Gasteiger partial charge in [-0.15, -0.1) is 22.7 Å². The van der Waals surface area contributed by atoms with E-state index in [2.05, 4.69) is 16.3 Å². The van der Waals surface area contributed by atoms with Crippen molar-refractivity contribution in [2.24, 2.45) is 5.73 Å². The van der Waals surface area contributed by atoms with Gasteiger partial charge in [0, 0.05) is 35.3 Å². The van der Waals surface area contributed by atoms with Gasteiger partial charge >= 0.3 is 0 Å². The molecule has 27 heavy (non-hydrogen) atoms. The molecule has 1 amide bonds. The number of anilines is 1. The number of nitrogens with one attached hydrogen (secondary N) is 1. The molecule has 7 heteroatoms. The van der Waals surface area contributed by atoms with Crippen molar-refractivity contribution in [3.8, 4) is 6.07 Å². The summed E-state index contributed by atoms with van der Waals surface area (Å²) in [6.45, 7) is 1.63. The molecule has 0 spiro atoms. The summed E-state index contributed by atoms with van der Waals surface area (Å²) in [5.74, 6) is -0.0822. The van der Waals surface area contributed by atoms with Gasteiger partial charge in [0.05, 0.1) is 11.6 Å². The van der Waals surface area contributed by atoms with E-state index in [9.17, 15) is 10.1 Å². The zero-order chi connectivity index (χ0) is 18.8. The number of nitrogens with two attached hydrogens (primary N) is 1. The Labute approximate surface area is 167 Å². The number of amides is 1. The molecule has 3 N–H and O–H groups in total. The van der Waals surface area contributed by atoms with Crippen LogP contribution in [0.2, 0.25) is 0 Å². The van der Waals surface area contributed by atoms with Crippen molar-refractivity contribution in [2.45, 2.75) is 50.6 Å². The van der Waals surface area contributed by atoms with Crippen LogP contribution in [0.15, 0.2) is 17.5 Å². The van der Waals surface area contributed by atoms with Crippen LogP contribution in [0.5, 0.6) is 0 Å². The average molecular weight is 401 g/mol. The van der Waals surface area contributed by atoms with Crippen molar-refractivity contribution in [1.29, 1.82) is 5.26 Å². The maximum absolute atomic E-state index is 12.5. The second-order valence-electron chi connectivity index (χ2n) is 7.33. The highest BCUT2D eigenvalue weighted by Gasteiger charge is 2.30. The zero-order valence-corrected chi connectivity index (χ0v) is 16.9. The number of nitrogens with zero attached hydrogens (tertiary/aromatic N) is 2. The molecular formula is C20H24N4OS2. The van der Waals surface area contributed by atoms with Gasteiger partial charge in [0.25, 0.3) is 0 Å². The topological polar surface area (TPSA) is 82.2 Å². The van der Waals surface area contributed by atoms with Gasteiger partial charge < -0.3 is 16.0 Å². The summed E-state index contributed by atoms with van der Waals surface area (Å²) in [6, 6.07) is 6.01. The molecule has 0 radical (unpaired) electrons. The normalized spacial score (nSPS) is 20.1. The molecule has 0 aromatic carbocycles. The Balaban J connectivity index is 1.38. The summed E-state index contributed by atoms with van der Waals surface area (Å²) in [4.78, 5) is 17.2. The van der Waals surface area contributed by atoms with Gasteiger partial charge in [-0.3, -0.25) is 4.79 Å². The lowest BCUT2D eigenvalue weighted by Crippen LogP contribution is -2.47. The monoisotopic (exact) mass is 400 g/mol. The van der Waals surface area contributed by atoms with Crippen molar-refractivity contribution in [3.05, 3.63) is 38.4 Å². The van der Waals surface area contributed by atoms with E-state index in [1.807, 2.05) is 17.5 Å². The molecule has 0 saturated carbocycles. The average Bonchev–Trinajstić information content (AvgIpc) is 3.40. The van der Waals surface area contributed by atoms with Crippen molar-refractivity contribution in [2.75, 3.05) is 18.0 Å². The Morgan fingerprint density at radius 1 is 1.44 bits per heavy atom. The fourth-order valence-electron chi connectivity index (χ4n) is 4.00. The Hall–Kier alpha value is -1.88. The van der Waals surface area contributed by atoms with Gasteiger partial charge in [0.15, 0.2) is 0 Å². The van der Waals surface area contributed by atoms with Crippen LogP contribution >= 0.6 is 22.7 Å². The first-order chi connectivity index (χ1) is 13.2. The van der Waals surface area contributed by atoms with E-state index in [0.717, 1.165) is 47.8 Å². The molecule has 5 nitrogen and oxygen atoms in total. The molecule has 4 rings (SSSR count). The highest BCUT2D eigenvalue weighted by Crippen LogP contribution is 2.40. The number of fused-ring (bicyclic) bond motifs is 1. The minimum Gasteiger partial charge on any atom is -0.360 e. The second kappa shape index (κ2) is 8.01. The van der Waals surface area contributed by atoms with Crippen LogP contribution in [0.25, 0.3) is 0 Å². The van der Waals surface area contributed by atoms with Gasteiger partial charge in [0.2, 0.25) is 5.91 Å². The highest BCUT2D eigenvalue weighted by molar-refractivity contribution is 7.16.